The second kappa shape index (κ2) is 8.59. The molecule has 0 atom stereocenters. The molecule has 1 aromatic heterocycles. The smallest absolute Gasteiger partial charge is 0.235 e. The molecule has 1 heterocycles. The number of hydrogen-bond acceptors (Lipinski definition) is 5. The molecule has 0 aliphatic heterocycles. The Balaban J connectivity index is 1.62. The number of aromatic nitrogens is 1. The van der Waals surface area contributed by atoms with Crippen LogP contribution in [-0.4, -0.2) is 28.5 Å². The molecular formula is C15H16ClN3O3S. The average Bonchev–Trinajstić information content (AvgIpc) is 2.91. The van der Waals surface area contributed by atoms with Gasteiger partial charge in [-0.15, -0.1) is 11.8 Å². The first-order chi connectivity index (χ1) is 11.0. The van der Waals surface area contributed by atoms with Gasteiger partial charge in [-0.25, -0.2) is 0 Å². The molecule has 23 heavy (non-hydrogen) atoms. The van der Waals surface area contributed by atoms with E-state index in [0.717, 1.165) is 5.56 Å². The van der Waals surface area contributed by atoms with Gasteiger partial charge in [-0.1, -0.05) is 28.9 Å². The van der Waals surface area contributed by atoms with E-state index < -0.39 is 0 Å². The van der Waals surface area contributed by atoms with Crippen molar-refractivity contribution in [3.05, 3.63) is 46.7 Å². The van der Waals surface area contributed by atoms with Gasteiger partial charge in [0.1, 0.15) is 5.76 Å². The second-order valence-corrected chi connectivity index (χ2v) is 6.19. The highest BCUT2D eigenvalue weighted by atomic mass is 35.5. The summed E-state index contributed by atoms with van der Waals surface area (Å²) in [5.74, 6) is 1.01. The first kappa shape index (κ1) is 17.4. The van der Waals surface area contributed by atoms with Gasteiger partial charge >= 0.3 is 0 Å². The van der Waals surface area contributed by atoms with Gasteiger partial charge in [-0.2, -0.15) is 0 Å². The Morgan fingerprint density at radius 2 is 1.91 bits per heavy atom. The summed E-state index contributed by atoms with van der Waals surface area (Å²) in [7, 11) is 0. The largest absolute Gasteiger partial charge is 0.360 e. The number of halogens is 1. The molecule has 0 aliphatic carbocycles. The normalized spacial score (nSPS) is 10.3. The molecule has 1 aromatic carbocycles. The zero-order valence-corrected chi connectivity index (χ0v) is 14.0. The number of hydrogen-bond donors (Lipinski definition) is 2. The summed E-state index contributed by atoms with van der Waals surface area (Å²) >= 11 is 7.02. The van der Waals surface area contributed by atoms with Crippen molar-refractivity contribution in [2.75, 3.05) is 16.8 Å². The number of nitrogens with one attached hydrogen (secondary N) is 2. The summed E-state index contributed by atoms with van der Waals surface area (Å²) in [6, 6.07) is 8.87. The number of rotatable bonds is 7. The maximum Gasteiger partial charge on any atom is 0.235 e. The van der Waals surface area contributed by atoms with Gasteiger partial charge in [0.05, 0.1) is 11.5 Å². The van der Waals surface area contributed by atoms with E-state index >= 15 is 0 Å². The minimum atomic E-state index is -0.228. The van der Waals surface area contributed by atoms with E-state index in [1.807, 2.05) is 12.1 Å². The lowest BCUT2D eigenvalue weighted by atomic mass is 10.2. The van der Waals surface area contributed by atoms with Crippen LogP contribution in [0.5, 0.6) is 0 Å². The highest BCUT2D eigenvalue weighted by Crippen LogP contribution is 2.10. The van der Waals surface area contributed by atoms with Crippen molar-refractivity contribution in [3.8, 4) is 0 Å². The van der Waals surface area contributed by atoms with E-state index in [4.69, 9.17) is 16.1 Å². The molecule has 2 aromatic rings. The van der Waals surface area contributed by atoms with E-state index in [9.17, 15) is 9.59 Å². The van der Waals surface area contributed by atoms with Crippen LogP contribution in [0, 0.1) is 6.92 Å². The molecule has 6 nitrogen and oxygen atoms in total. The van der Waals surface area contributed by atoms with Crippen LogP contribution in [0.2, 0.25) is 5.02 Å². The summed E-state index contributed by atoms with van der Waals surface area (Å²) < 4.78 is 4.85. The van der Waals surface area contributed by atoms with Crippen LogP contribution in [0.1, 0.15) is 11.3 Å². The van der Waals surface area contributed by atoms with Crippen LogP contribution in [-0.2, 0) is 16.1 Å². The van der Waals surface area contributed by atoms with Crippen molar-refractivity contribution in [2.45, 2.75) is 13.5 Å². The number of benzene rings is 1. The Labute approximate surface area is 142 Å². The monoisotopic (exact) mass is 353 g/mol. The Kier molecular flexibility index (Phi) is 6.49. The van der Waals surface area contributed by atoms with Crippen LogP contribution in [0.3, 0.4) is 0 Å². The Morgan fingerprint density at radius 3 is 2.57 bits per heavy atom. The topological polar surface area (TPSA) is 84.2 Å². The van der Waals surface area contributed by atoms with Crippen LogP contribution in [0.25, 0.3) is 0 Å². The highest BCUT2D eigenvalue weighted by molar-refractivity contribution is 8.00. The lowest BCUT2D eigenvalue weighted by Gasteiger charge is -2.05. The minimum Gasteiger partial charge on any atom is -0.360 e. The molecule has 2 rings (SSSR count). The van der Waals surface area contributed by atoms with Gasteiger partial charge in [0, 0.05) is 17.6 Å². The number of anilines is 1. The van der Waals surface area contributed by atoms with E-state index in [-0.39, 0.29) is 23.3 Å². The molecular weight excluding hydrogens is 338 g/mol. The number of nitrogens with zero attached hydrogens (tertiary/aromatic N) is 1. The van der Waals surface area contributed by atoms with Gasteiger partial charge in [-0.3, -0.25) is 9.59 Å². The van der Waals surface area contributed by atoms with Gasteiger partial charge in [0.15, 0.2) is 5.82 Å². The zero-order valence-electron chi connectivity index (χ0n) is 12.5. The van der Waals surface area contributed by atoms with E-state index in [1.165, 1.54) is 11.8 Å². The molecule has 0 bridgehead atoms. The van der Waals surface area contributed by atoms with Crippen molar-refractivity contribution < 1.29 is 14.1 Å². The predicted octanol–water partition coefficient (Wildman–Crippen LogP) is 2.62. The fraction of sp³-hybridized carbons (Fsp3) is 0.267. The molecule has 8 heteroatoms. The molecule has 0 fully saturated rings. The van der Waals surface area contributed by atoms with Gasteiger partial charge in [-0.05, 0) is 24.6 Å². The molecule has 122 valence electrons. The summed E-state index contributed by atoms with van der Waals surface area (Å²) in [6.07, 6.45) is 0. The number of aryl methyl sites for hydroxylation is 1. The first-order valence-corrected chi connectivity index (χ1v) is 8.38. The zero-order chi connectivity index (χ0) is 16.7. The molecule has 0 saturated heterocycles. The first-order valence-electron chi connectivity index (χ1n) is 6.85. The Bertz CT molecular complexity index is 673. The molecule has 0 spiro atoms. The van der Waals surface area contributed by atoms with Crippen molar-refractivity contribution >= 4 is 41.0 Å². The van der Waals surface area contributed by atoms with Crippen LogP contribution in [0.4, 0.5) is 5.82 Å². The third-order valence-corrected chi connectivity index (χ3v) is 3.95. The van der Waals surface area contributed by atoms with Crippen molar-refractivity contribution in [2.24, 2.45) is 0 Å². The van der Waals surface area contributed by atoms with Crippen LogP contribution >= 0.6 is 23.4 Å². The van der Waals surface area contributed by atoms with E-state index in [2.05, 4.69) is 15.8 Å². The van der Waals surface area contributed by atoms with Gasteiger partial charge in [0.2, 0.25) is 11.8 Å². The van der Waals surface area contributed by atoms with E-state index in [0.29, 0.717) is 23.1 Å². The van der Waals surface area contributed by atoms with Gasteiger partial charge in [0.25, 0.3) is 0 Å². The highest BCUT2D eigenvalue weighted by Gasteiger charge is 2.08. The molecule has 0 saturated carbocycles. The summed E-state index contributed by atoms with van der Waals surface area (Å²) in [4.78, 5) is 23.4. The second-order valence-electron chi connectivity index (χ2n) is 4.77. The number of amides is 2. The summed E-state index contributed by atoms with van der Waals surface area (Å²) in [6.45, 7) is 2.17. The lowest BCUT2D eigenvalue weighted by Crippen LogP contribution is -2.25. The number of thioether (sulfide) groups is 1. The van der Waals surface area contributed by atoms with Crippen LogP contribution < -0.4 is 10.6 Å². The van der Waals surface area contributed by atoms with Crippen molar-refractivity contribution in [3.63, 3.8) is 0 Å². The fourth-order valence-electron chi connectivity index (χ4n) is 1.69. The predicted molar refractivity (Wildman–Crippen MR) is 90.5 cm³/mol. The standard InChI is InChI=1S/C15H16ClN3O3S/c1-10-6-13(19-22-10)18-15(21)9-23-8-14(20)17-7-11-2-4-12(16)5-3-11/h2-6H,7-9H2,1H3,(H,17,20)(H,18,19,21). The maximum atomic E-state index is 11.7. The minimum absolute atomic E-state index is 0.130. The Morgan fingerprint density at radius 1 is 1.22 bits per heavy atom. The molecule has 2 amide bonds. The SMILES string of the molecule is Cc1cc(NC(=O)CSCC(=O)NCc2ccc(Cl)cc2)no1. The van der Waals surface area contributed by atoms with Crippen molar-refractivity contribution in [1.29, 1.82) is 0 Å². The molecule has 2 N–H and O–H groups in total. The average molecular weight is 354 g/mol. The quantitative estimate of drug-likeness (QED) is 0.799. The third-order valence-electron chi connectivity index (χ3n) is 2.76. The Hall–Kier alpha value is -1.99. The number of carbonyl (C=O) groups is 2. The molecule has 0 aliphatic rings. The maximum absolute atomic E-state index is 11.7. The summed E-state index contributed by atoms with van der Waals surface area (Å²) in [5, 5.41) is 9.69. The third kappa shape index (κ3) is 6.33. The number of carbonyl (C=O) groups excluding carboxylic acids is 2. The van der Waals surface area contributed by atoms with Crippen molar-refractivity contribution in [1.82, 2.24) is 10.5 Å². The molecule has 0 unspecified atom stereocenters. The molecule has 0 radical (unpaired) electrons. The fourth-order valence-corrected chi connectivity index (χ4v) is 2.47. The van der Waals surface area contributed by atoms with Gasteiger partial charge < -0.3 is 15.2 Å². The lowest BCUT2D eigenvalue weighted by molar-refractivity contribution is -0.118. The van der Waals surface area contributed by atoms with E-state index in [1.54, 1.807) is 25.1 Å². The van der Waals surface area contributed by atoms with Crippen LogP contribution in [0.15, 0.2) is 34.9 Å². The summed E-state index contributed by atoms with van der Waals surface area (Å²) in [5.41, 5.74) is 0.965.